The van der Waals surface area contributed by atoms with E-state index in [4.69, 9.17) is 21.4 Å². The van der Waals surface area contributed by atoms with Crippen molar-refractivity contribution in [1.82, 2.24) is 4.90 Å². The van der Waals surface area contributed by atoms with Crippen LogP contribution in [-0.4, -0.2) is 48.8 Å². The Hall–Kier alpha value is -1.10. The van der Waals surface area contributed by atoms with Crippen LogP contribution in [0.2, 0.25) is 5.02 Å². The molecule has 0 fully saturated rings. The molecule has 1 aromatic carbocycles. The van der Waals surface area contributed by atoms with Gasteiger partial charge >= 0.3 is 5.97 Å². The van der Waals surface area contributed by atoms with Crippen LogP contribution in [0.3, 0.4) is 0 Å². The smallest absolute Gasteiger partial charge is 0.317 e. The summed E-state index contributed by atoms with van der Waals surface area (Å²) in [6.45, 7) is 3.18. The van der Waals surface area contributed by atoms with E-state index in [0.717, 1.165) is 12.0 Å². The number of benzene rings is 1. The molecule has 0 aromatic heterocycles. The molecule has 0 radical (unpaired) electrons. The summed E-state index contributed by atoms with van der Waals surface area (Å²) < 4.78 is 5.02. The zero-order valence-corrected chi connectivity index (χ0v) is 12.1. The molecule has 1 unspecified atom stereocenters. The van der Waals surface area contributed by atoms with Crippen molar-refractivity contribution in [2.75, 3.05) is 26.8 Å². The molecule has 5 heteroatoms. The lowest BCUT2D eigenvalue weighted by Crippen LogP contribution is -2.40. The number of carboxylic acid groups (broad SMARTS) is 1. The highest BCUT2D eigenvalue weighted by atomic mass is 35.5. The summed E-state index contributed by atoms with van der Waals surface area (Å²) in [4.78, 5) is 12.8. The molecular formula is C14H20ClNO3. The molecule has 0 aliphatic carbocycles. The summed E-state index contributed by atoms with van der Waals surface area (Å²) in [5.41, 5.74) is 1.14. The van der Waals surface area contributed by atoms with Gasteiger partial charge in [0.1, 0.15) is 0 Å². The number of methoxy groups -OCH3 is 1. The van der Waals surface area contributed by atoms with Crippen molar-refractivity contribution in [3.63, 3.8) is 0 Å². The van der Waals surface area contributed by atoms with Crippen LogP contribution in [0.1, 0.15) is 12.5 Å². The standard InChI is InChI=1S/C14H20ClNO3/c1-11(9-12-3-5-13(15)6-4-12)16(7-8-19-2)10-14(17)18/h3-6,11H,7-10H2,1-2H3,(H,17,18). The first-order valence-corrected chi connectivity index (χ1v) is 6.60. The molecule has 0 spiro atoms. The number of carbonyl (C=O) groups is 1. The lowest BCUT2D eigenvalue weighted by Gasteiger charge is -2.27. The van der Waals surface area contributed by atoms with Crippen LogP contribution in [-0.2, 0) is 16.0 Å². The minimum Gasteiger partial charge on any atom is -0.480 e. The van der Waals surface area contributed by atoms with Crippen LogP contribution in [0.5, 0.6) is 0 Å². The maximum Gasteiger partial charge on any atom is 0.317 e. The predicted octanol–water partition coefficient (Wildman–Crippen LogP) is 2.30. The number of rotatable bonds is 8. The zero-order valence-electron chi connectivity index (χ0n) is 11.3. The van der Waals surface area contributed by atoms with Gasteiger partial charge in [-0.05, 0) is 31.0 Å². The number of halogens is 1. The van der Waals surface area contributed by atoms with Gasteiger partial charge in [-0.15, -0.1) is 0 Å². The summed E-state index contributed by atoms with van der Waals surface area (Å²) in [5.74, 6) is -0.820. The second-order valence-electron chi connectivity index (χ2n) is 4.54. The topological polar surface area (TPSA) is 49.8 Å². The Morgan fingerprint density at radius 3 is 2.58 bits per heavy atom. The first-order valence-electron chi connectivity index (χ1n) is 6.22. The summed E-state index contributed by atoms with van der Waals surface area (Å²) in [7, 11) is 1.61. The maximum atomic E-state index is 10.9. The van der Waals surface area contributed by atoms with Crippen molar-refractivity contribution in [2.45, 2.75) is 19.4 Å². The van der Waals surface area contributed by atoms with Crippen LogP contribution in [0, 0.1) is 0 Å². The van der Waals surface area contributed by atoms with Crippen LogP contribution >= 0.6 is 11.6 Å². The number of aliphatic carboxylic acids is 1. The van der Waals surface area contributed by atoms with Gasteiger partial charge in [-0.3, -0.25) is 9.69 Å². The van der Waals surface area contributed by atoms with Gasteiger partial charge in [0.25, 0.3) is 0 Å². The fourth-order valence-electron chi connectivity index (χ4n) is 1.93. The minimum absolute atomic E-state index is 0.0259. The third-order valence-corrected chi connectivity index (χ3v) is 3.24. The molecule has 0 saturated carbocycles. The number of nitrogens with zero attached hydrogens (tertiary/aromatic N) is 1. The highest BCUT2D eigenvalue weighted by Gasteiger charge is 2.17. The van der Waals surface area contributed by atoms with Gasteiger partial charge in [-0.2, -0.15) is 0 Å². The Morgan fingerprint density at radius 1 is 1.42 bits per heavy atom. The first-order chi connectivity index (χ1) is 9.02. The molecule has 1 aromatic rings. The monoisotopic (exact) mass is 285 g/mol. The van der Waals surface area contributed by atoms with E-state index in [-0.39, 0.29) is 12.6 Å². The van der Waals surface area contributed by atoms with Gasteiger partial charge < -0.3 is 9.84 Å². The van der Waals surface area contributed by atoms with Gasteiger partial charge in [0.2, 0.25) is 0 Å². The van der Waals surface area contributed by atoms with Gasteiger partial charge in [0, 0.05) is 24.7 Å². The first kappa shape index (κ1) is 16.0. The average molecular weight is 286 g/mol. The van der Waals surface area contributed by atoms with E-state index in [1.165, 1.54) is 0 Å². The normalized spacial score (nSPS) is 12.6. The number of carboxylic acids is 1. The summed E-state index contributed by atoms with van der Waals surface area (Å²) >= 11 is 5.84. The maximum absolute atomic E-state index is 10.9. The Morgan fingerprint density at radius 2 is 2.05 bits per heavy atom. The summed E-state index contributed by atoms with van der Waals surface area (Å²) in [6.07, 6.45) is 0.786. The molecular weight excluding hydrogens is 266 g/mol. The van der Waals surface area contributed by atoms with Crippen molar-refractivity contribution in [1.29, 1.82) is 0 Å². The molecule has 0 aliphatic heterocycles. The molecule has 0 amide bonds. The summed E-state index contributed by atoms with van der Waals surface area (Å²) in [6, 6.07) is 7.76. The van der Waals surface area contributed by atoms with Crippen LogP contribution in [0.25, 0.3) is 0 Å². The van der Waals surface area contributed by atoms with Crippen molar-refractivity contribution in [3.8, 4) is 0 Å². The van der Waals surface area contributed by atoms with E-state index in [1.54, 1.807) is 7.11 Å². The lowest BCUT2D eigenvalue weighted by atomic mass is 10.1. The SMILES string of the molecule is COCCN(CC(=O)O)C(C)Cc1ccc(Cl)cc1. The van der Waals surface area contributed by atoms with Gasteiger partial charge in [-0.1, -0.05) is 23.7 Å². The molecule has 1 N–H and O–H groups in total. The number of hydrogen-bond donors (Lipinski definition) is 1. The Bertz CT molecular complexity index is 394. The molecule has 19 heavy (non-hydrogen) atoms. The summed E-state index contributed by atoms with van der Waals surface area (Å²) in [5, 5.41) is 9.64. The quantitative estimate of drug-likeness (QED) is 0.796. The van der Waals surface area contributed by atoms with Crippen molar-refractivity contribution in [3.05, 3.63) is 34.9 Å². The van der Waals surface area contributed by atoms with E-state index in [9.17, 15) is 4.79 Å². The molecule has 1 rings (SSSR count). The van der Waals surface area contributed by atoms with Crippen molar-refractivity contribution < 1.29 is 14.6 Å². The van der Waals surface area contributed by atoms with E-state index < -0.39 is 5.97 Å². The fraction of sp³-hybridized carbons (Fsp3) is 0.500. The van der Waals surface area contributed by atoms with Crippen LogP contribution < -0.4 is 0 Å². The van der Waals surface area contributed by atoms with Gasteiger partial charge in [-0.25, -0.2) is 0 Å². The molecule has 4 nitrogen and oxygen atoms in total. The highest BCUT2D eigenvalue weighted by Crippen LogP contribution is 2.13. The lowest BCUT2D eigenvalue weighted by molar-refractivity contribution is -0.139. The zero-order chi connectivity index (χ0) is 14.3. The second kappa shape index (κ2) is 8.15. The Kier molecular flexibility index (Phi) is 6.84. The van der Waals surface area contributed by atoms with Crippen LogP contribution in [0.15, 0.2) is 24.3 Å². The Labute approximate surface area is 118 Å². The Balaban J connectivity index is 2.61. The molecule has 106 valence electrons. The van der Waals surface area contributed by atoms with E-state index in [2.05, 4.69) is 0 Å². The minimum atomic E-state index is -0.820. The third kappa shape index (κ3) is 6.05. The molecule has 0 heterocycles. The van der Waals surface area contributed by atoms with Crippen LogP contribution in [0.4, 0.5) is 0 Å². The fourth-order valence-corrected chi connectivity index (χ4v) is 2.05. The highest BCUT2D eigenvalue weighted by molar-refractivity contribution is 6.30. The van der Waals surface area contributed by atoms with E-state index in [0.29, 0.717) is 18.2 Å². The number of ether oxygens (including phenoxy) is 1. The molecule has 0 bridgehead atoms. The molecule has 0 saturated heterocycles. The predicted molar refractivity (Wildman–Crippen MR) is 75.7 cm³/mol. The van der Waals surface area contributed by atoms with Crippen molar-refractivity contribution >= 4 is 17.6 Å². The van der Waals surface area contributed by atoms with Gasteiger partial charge in [0.05, 0.1) is 13.2 Å². The van der Waals surface area contributed by atoms with E-state index >= 15 is 0 Å². The van der Waals surface area contributed by atoms with Gasteiger partial charge in [0.15, 0.2) is 0 Å². The number of hydrogen-bond acceptors (Lipinski definition) is 3. The largest absolute Gasteiger partial charge is 0.480 e. The van der Waals surface area contributed by atoms with E-state index in [1.807, 2.05) is 36.1 Å². The molecule has 1 atom stereocenters. The molecule has 0 aliphatic rings. The van der Waals surface area contributed by atoms with Crippen molar-refractivity contribution in [2.24, 2.45) is 0 Å². The third-order valence-electron chi connectivity index (χ3n) is 2.99. The second-order valence-corrected chi connectivity index (χ2v) is 4.97. The average Bonchev–Trinajstić information content (AvgIpc) is 2.36.